The molecule has 6 rings (SSSR count). The average Bonchev–Trinajstić information content (AvgIpc) is 3.59. The van der Waals surface area contributed by atoms with Crippen molar-refractivity contribution in [3.8, 4) is 11.5 Å². The van der Waals surface area contributed by atoms with Crippen LogP contribution in [0.3, 0.4) is 0 Å². The monoisotopic (exact) mass is 572 g/mol. The zero-order chi connectivity index (χ0) is 26.9. The summed E-state index contributed by atoms with van der Waals surface area (Å²) >= 11 is 1.51. The van der Waals surface area contributed by atoms with Crippen molar-refractivity contribution < 1.29 is 43.2 Å². The van der Waals surface area contributed by atoms with Crippen LogP contribution in [0.1, 0.15) is 6.92 Å². The molecule has 0 saturated heterocycles. The normalized spacial score (nSPS) is 9.32. The molecule has 186 valence electrons. The van der Waals surface area contributed by atoms with Gasteiger partial charge in [-0.3, -0.25) is 0 Å². The summed E-state index contributed by atoms with van der Waals surface area (Å²) in [7, 11) is 0. The zero-order valence-electron chi connectivity index (χ0n) is 20.4. The first-order valence-corrected chi connectivity index (χ1v) is 12.9. The third-order valence-corrected chi connectivity index (χ3v) is 4.75. The van der Waals surface area contributed by atoms with E-state index in [0.717, 1.165) is 0 Å². The molecule has 0 aliphatic rings. The summed E-state index contributed by atoms with van der Waals surface area (Å²) < 4.78 is 26.0. The summed E-state index contributed by atoms with van der Waals surface area (Å²) in [5.74, 6) is -0.483. The van der Waals surface area contributed by atoms with E-state index in [1.54, 1.807) is 0 Å². The SMILES string of the molecule is C[CH]=[Zr+2].Oc1ccc(F)cc1.Oc1ccc(F)cc1.c1ccc2[cH-]ccc2c1.c1ccc2[cH-]ccc2c1. The Balaban J connectivity index is 0.000000168. The zero-order valence-corrected chi connectivity index (χ0v) is 22.9. The van der Waals surface area contributed by atoms with Gasteiger partial charge in [0.05, 0.1) is 0 Å². The Morgan fingerprint density at radius 1 is 0.568 bits per heavy atom. The minimum atomic E-state index is -0.331. The minimum Gasteiger partial charge on any atom is -0.508 e. The van der Waals surface area contributed by atoms with Crippen LogP contribution in [0, 0.1) is 11.6 Å². The van der Waals surface area contributed by atoms with Crippen molar-refractivity contribution in [3.63, 3.8) is 0 Å². The molecule has 37 heavy (non-hydrogen) atoms. The molecule has 0 saturated carbocycles. The molecule has 6 aromatic rings. The number of phenolic OH excluding ortho intramolecular Hbond substituents is 2. The van der Waals surface area contributed by atoms with E-state index in [9.17, 15) is 8.78 Å². The van der Waals surface area contributed by atoms with Gasteiger partial charge in [0.2, 0.25) is 0 Å². The fourth-order valence-corrected chi connectivity index (χ4v) is 3.02. The van der Waals surface area contributed by atoms with Gasteiger partial charge in [-0.1, -0.05) is 12.1 Å². The molecular weight excluding hydrogens is 546 g/mol. The van der Waals surface area contributed by atoms with Crippen molar-refractivity contribution in [3.05, 3.63) is 145 Å². The molecule has 0 radical (unpaired) electrons. The maximum atomic E-state index is 12.0. The van der Waals surface area contributed by atoms with Crippen LogP contribution in [0.25, 0.3) is 21.5 Å². The van der Waals surface area contributed by atoms with Crippen molar-refractivity contribution in [1.29, 1.82) is 0 Å². The molecule has 0 spiro atoms. The van der Waals surface area contributed by atoms with Crippen molar-refractivity contribution in [2.75, 3.05) is 0 Å². The summed E-state index contributed by atoms with van der Waals surface area (Å²) in [5.41, 5.74) is 0. The number of rotatable bonds is 0. The number of phenols is 2. The van der Waals surface area contributed by atoms with Crippen LogP contribution in [-0.2, 0) is 24.2 Å². The molecule has 0 unspecified atom stereocenters. The molecule has 2 N–H and O–H groups in total. The molecule has 0 atom stereocenters. The van der Waals surface area contributed by atoms with Crippen molar-refractivity contribution in [1.82, 2.24) is 0 Å². The van der Waals surface area contributed by atoms with E-state index in [1.807, 2.05) is 6.92 Å². The number of benzene rings is 4. The molecule has 0 aliphatic heterocycles. The quantitative estimate of drug-likeness (QED) is 0.179. The van der Waals surface area contributed by atoms with Gasteiger partial charge in [0.1, 0.15) is 23.1 Å². The van der Waals surface area contributed by atoms with Gasteiger partial charge < -0.3 is 10.2 Å². The minimum absolute atomic E-state index is 0.0893. The predicted octanol–water partition coefficient (Wildman–Crippen LogP) is 8.54. The van der Waals surface area contributed by atoms with E-state index in [-0.39, 0.29) is 23.1 Å². The van der Waals surface area contributed by atoms with E-state index in [4.69, 9.17) is 10.2 Å². The van der Waals surface area contributed by atoms with E-state index in [0.29, 0.717) is 0 Å². The van der Waals surface area contributed by atoms with Gasteiger partial charge >= 0.3 is 34.9 Å². The van der Waals surface area contributed by atoms with Crippen LogP contribution >= 0.6 is 0 Å². The van der Waals surface area contributed by atoms with Gasteiger partial charge in [-0.2, -0.15) is 35.0 Å². The Bertz CT molecular complexity index is 1220. The Hall–Kier alpha value is -3.69. The van der Waals surface area contributed by atoms with Crippen molar-refractivity contribution in [2.45, 2.75) is 6.92 Å². The molecule has 0 heterocycles. The van der Waals surface area contributed by atoms with Crippen molar-refractivity contribution >= 4 is 25.3 Å². The second-order valence-corrected chi connectivity index (χ2v) is 8.97. The van der Waals surface area contributed by atoms with Crippen LogP contribution in [0.2, 0.25) is 0 Å². The van der Waals surface area contributed by atoms with E-state index in [1.165, 1.54) is 94.3 Å². The van der Waals surface area contributed by atoms with Gasteiger partial charge in [-0.25, -0.2) is 8.78 Å². The molecule has 2 nitrogen and oxygen atoms in total. The predicted molar refractivity (Wildman–Crippen MR) is 147 cm³/mol. The van der Waals surface area contributed by atoms with Crippen LogP contribution in [0.15, 0.2) is 133 Å². The van der Waals surface area contributed by atoms with Gasteiger partial charge in [-0.05, 0) is 48.5 Å². The maximum Gasteiger partial charge on any atom is 0.123 e. The molecule has 6 aromatic carbocycles. The molecule has 0 bridgehead atoms. The second-order valence-electron chi connectivity index (χ2n) is 7.55. The number of halogens is 2. The third kappa shape index (κ3) is 11.7. The van der Waals surface area contributed by atoms with E-state index in [2.05, 4.69) is 88.6 Å². The van der Waals surface area contributed by atoms with Crippen LogP contribution in [-0.4, -0.2) is 13.9 Å². The fourth-order valence-electron chi connectivity index (χ4n) is 3.02. The number of aromatic hydroxyl groups is 2. The first-order chi connectivity index (χ1) is 17.9. The number of hydrogen-bond acceptors (Lipinski definition) is 2. The first kappa shape index (κ1) is 29.5. The van der Waals surface area contributed by atoms with Gasteiger partial charge in [0.15, 0.2) is 0 Å². The summed E-state index contributed by atoms with van der Waals surface area (Å²) in [6.45, 7) is 2.04. The maximum absolute atomic E-state index is 12.0. The Morgan fingerprint density at radius 3 is 1.19 bits per heavy atom. The molecule has 0 amide bonds. The second kappa shape index (κ2) is 16.9. The summed E-state index contributed by atoms with van der Waals surface area (Å²) in [5, 5.41) is 22.5. The number of hydrogen-bond donors (Lipinski definition) is 2. The summed E-state index contributed by atoms with van der Waals surface area (Å²) in [4.78, 5) is 0. The summed E-state index contributed by atoms with van der Waals surface area (Å²) in [6, 6.07) is 39.4. The molecule has 0 fully saturated rings. The molecular formula is C32H28F2O2Zr. The van der Waals surface area contributed by atoms with E-state index >= 15 is 0 Å². The van der Waals surface area contributed by atoms with Crippen molar-refractivity contribution in [2.24, 2.45) is 0 Å². The van der Waals surface area contributed by atoms with Crippen LogP contribution in [0.4, 0.5) is 8.78 Å². The Morgan fingerprint density at radius 2 is 0.892 bits per heavy atom. The topological polar surface area (TPSA) is 40.5 Å². The Kier molecular flexibility index (Phi) is 13.5. The smallest absolute Gasteiger partial charge is 0.123 e. The Labute approximate surface area is 231 Å². The molecule has 0 aliphatic carbocycles. The number of fused-ring (bicyclic) bond motifs is 2. The van der Waals surface area contributed by atoms with Gasteiger partial charge in [-0.15, -0.1) is 59.3 Å². The van der Waals surface area contributed by atoms with E-state index < -0.39 is 0 Å². The standard InChI is InChI=1S/2C9H7.2C6H5FO.C2H4.Zr/c2*1-2-5-9-7-3-6-8(9)4-1;2*7-5-1-3-6(8)4-2-5;1-2;/h2*1-7H;2*1-4,8H;1H,2H3;/q2*-1;;;;+2. The van der Waals surface area contributed by atoms with Crippen LogP contribution in [0.5, 0.6) is 11.5 Å². The molecule has 0 aromatic heterocycles. The summed E-state index contributed by atoms with van der Waals surface area (Å²) in [6.07, 6.45) is 0. The third-order valence-electron chi connectivity index (χ3n) is 4.75. The molecule has 5 heteroatoms. The van der Waals surface area contributed by atoms with Crippen LogP contribution < -0.4 is 0 Å². The average molecular weight is 574 g/mol. The fraction of sp³-hybridized carbons (Fsp3) is 0.0312. The van der Waals surface area contributed by atoms with Gasteiger partial charge in [0, 0.05) is 0 Å². The first-order valence-electron chi connectivity index (χ1n) is 11.5. The van der Waals surface area contributed by atoms with Gasteiger partial charge in [0.25, 0.3) is 0 Å². The largest absolute Gasteiger partial charge is 0.508 e.